The predicted octanol–water partition coefficient (Wildman–Crippen LogP) is 0.359. The summed E-state index contributed by atoms with van der Waals surface area (Å²) < 4.78 is 0. The van der Waals surface area contributed by atoms with E-state index in [1.54, 1.807) is 6.08 Å². The number of likely N-dealkylation sites (N-methyl/N-ethyl adjacent to an activating group) is 1. The first kappa shape index (κ1) is 15.6. The van der Waals surface area contributed by atoms with E-state index < -0.39 is 5.97 Å². The Balaban J connectivity index is 3.86. The van der Waals surface area contributed by atoms with E-state index in [2.05, 4.69) is 0 Å². The molecule has 0 aromatic rings. The second-order valence-electron chi connectivity index (χ2n) is 3.86. The molecule has 0 aliphatic rings. The fourth-order valence-electron chi connectivity index (χ4n) is 0.984. The van der Waals surface area contributed by atoms with Crippen molar-refractivity contribution in [2.45, 2.75) is 13.3 Å². The van der Waals surface area contributed by atoms with Gasteiger partial charge in [0.05, 0.1) is 13.2 Å². The summed E-state index contributed by atoms with van der Waals surface area (Å²) in [6.45, 7) is 3.00. The van der Waals surface area contributed by atoms with Gasteiger partial charge in [0.2, 0.25) is 6.41 Å². The van der Waals surface area contributed by atoms with Crippen molar-refractivity contribution in [3.05, 3.63) is 11.6 Å². The number of rotatable bonds is 9. The molecule has 0 spiro atoms. The van der Waals surface area contributed by atoms with Crippen LogP contribution in [0.4, 0.5) is 0 Å². The number of hydroxylamine groups is 2. The number of carboxylic acid groups (broad SMARTS) is 1. The summed E-state index contributed by atoms with van der Waals surface area (Å²) in [5.74, 6) is -0.948. The molecule has 6 heteroatoms. The molecule has 0 saturated carbocycles. The van der Waals surface area contributed by atoms with Crippen LogP contribution in [-0.4, -0.2) is 61.2 Å². The Morgan fingerprint density at radius 3 is 2.47 bits per heavy atom. The van der Waals surface area contributed by atoms with Crippen LogP contribution >= 0.6 is 0 Å². The Hall–Kier alpha value is -1.40. The SMILES string of the molecule is CC(=CCCN(C=O)OCCN(C)C)C(=O)O. The van der Waals surface area contributed by atoms with Crippen molar-refractivity contribution in [2.24, 2.45) is 0 Å². The summed E-state index contributed by atoms with van der Waals surface area (Å²) in [4.78, 5) is 28.3. The summed E-state index contributed by atoms with van der Waals surface area (Å²) in [6, 6.07) is 0. The van der Waals surface area contributed by atoms with E-state index in [-0.39, 0.29) is 5.57 Å². The molecule has 0 atom stereocenters. The van der Waals surface area contributed by atoms with Crippen LogP contribution in [0.5, 0.6) is 0 Å². The van der Waals surface area contributed by atoms with Crippen molar-refractivity contribution in [1.29, 1.82) is 0 Å². The fraction of sp³-hybridized carbons (Fsp3) is 0.636. The molecule has 17 heavy (non-hydrogen) atoms. The lowest BCUT2D eigenvalue weighted by molar-refractivity contribution is -0.172. The minimum absolute atomic E-state index is 0.268. The maximum absolute atomic E-state index is 10.6. The van der Waals surface area contributed by atoms with E-state index in [0.717, 1.165) is 0 Å². The lowest BCUT2D eigenvalue weighted by Crippen LogP contribution is -2.28. The molecule has 0 aliphatic heterocycles. The van der Waals surface area contributed by atoms with E-state index in [4.69, 9.17) is 9.94 Å². The van der Waals surface area contributed by atoms with Gasteiger partial charge in [-0.3, -0.25) is 9.63 Å². The first-order valence-corrected chi connectivity index (χ1v) is 5.37. The molecule has 0 aromatic heterocycles. The maximum atomic E-state index is 10.6. The summed E-state index contributed by atoms with van der Waals surface area (Å²) in [5.41, 5.74) is 0.268. The Morgan fingerprint density at radius 2 is 2.00 bits per heavy atom. The quantitative estimate of drug-likeness (QED) is 0.360. The molecule has 0 rings (SSSR count). The number of carbonyl (C=O) groups excluding carboxylic acids is 1. The highest BCUT2D eigenvalue weighted by Crippen LogP contribution is 1.97. The van der Waals surface area contributed by atoms with Crippen LogP contribution in [0.3, 0.4) is 0 Å². The highest BCUT2D eigenvalue weighted by molar-refractivity contribution is 5.85. The van der Waals surface area contributed by atoms with Crippen molar-refractivity contribution in [3.8, 4) is 0 Å². The van der Waals surface area contributed by atoms with Crippen LogP contribution in [0.25, 0.3) is 0 Å². The van der Waals surface area contributed by atoms with Gasteiger partial charge in [-0.05, 0) is 27.4 Å². The van der Waals surface area contributed by atoms with E-state index >= 15 is 0 Å². The number of nitrogens with zero attached hydrogens (tertiary/aromatic N) is 2. The van der Waals surface area contributed by atoms with Gasteiger partial charge < -0.3 is 10.0 Å². The summed E-state index contributed by atoms with van der Waals surface area (Å²) in [5, 5.41) is 9.79. The number of hydrogen-bond donors (Lipinski definition) is 1. The zero-order valence-electron chi connectivity index (χ0n) is 10.5. The zero-order chi connectivity index (χ0) is 13.3. The van der Waals surface area contributed by atoms with Gasteiger partial charge in [0.1, 0.15) is 0 Å². The number of amides is 1. The highest BCUT2D eigenvalue weighted by atomic mass is 16.7. The van der Waals surface area contributed by atoms with Crippen LogP contribution in [-0.2, 0) is 14.4 Å². The van der Waals surface area contributed by atoms with Crippen molar-refractivity contribution in [2.75, 3.05) is 33.8 Å². The minimum atomic E-state index is -0.948. The van der Waals surface area contributed by atoms with Crippen LogP contribution in [0.15, 0.2) is 11.6 Å². The molecular formula is C11H20N2O4. The van der Waals surface area contributed by atoms with Crippen molar-refractivity contribution >= 4 is 12.4 Å². The van der Waals surface area contributed by atoms with Gasteiger partial charge in [-0.15, -0.1) is 0 Å². The first-order valence-electron chi connectivity index (χ1n) is 5.37. The van der Waals surface area contributed by atoms with Crippen molar-refractivity contribution in [1.82, 2.24) is 9.96 Å². The molecule has 0 heterocycles. The van der Waals surface area contributed by atoms with E-state index in [0.29, 0.717) is 32.5 Å². The van der Waals surface area contributed by atoms with Gasteiger partial charge in [0.25, 0.3) is 0 Å². The molecule has 0 aliphatic carbocycles. The second kappa shape index (κ2) is 8.72. The van der Waals surface area contributed by atoms with Gasteiger partial charge in [-0.1, -0.05) is 6.08 Å². The van der Waals surface area contributed by atoms with Gasteiger partial charge in [0.15, 0.2) is 0 Å². The van der Waals surface area contributed by atoms with Gasteiger partial charge >= 0.3 is 5.97 Å². The normalized spacial score (nSPS) is 11.6. The average Bonchev–Trinajstić information content (AvgIpc) is 2.26. The lowest BCUT2D eigenvalue weighted by Gasteiger charge is -2.17. The topological polar surface area (TPSA) is 70.1 Å². The molecule has 0 aromatic carbocycles. The third-order valence-corrected chi connectivity index (χ3v) is 2.05. The minimum Gasteiger partial charge on any atom is -0.478 e. The van der Waals surface area contributed by atoms with Crippen molar-refractivity contribution < 1.29 is 19.5 Å². The molecule has 0 bridgehead atoms. The van der Waals surface area contributed by atoms with Crippen LogP contribution in [0.2, 0.25) is 0 Å². The molecule has 0 fully saturated rings. The third kappa shape index (κ3) is 8.41. The monoisotopic (exact) mass is 244 g/mol. The molecule has 1 N–H and O–H groups in total. The average molecular weight is 244 g/mol. The van der Waals surface area contributed by atoms with Gasteiger partial charge in [-0.2, -0.15) is 0 Å². The predicted molar refractivity (Wildman–Crippen MR) is 63.3 cm³/mol. The Labute approximate surface area is 101 Å². The summed E-state index contributed by atoms with van der Waals surface area (Å²) in [7, 11) is 3.82. The molecular weight excluding hydrogens is 224 g/mol. The molecule has 6 nitrogen and oxygen atoms in total. The first-order chi connectivity index (χ1) is 7.97. The molecule has 0 unspecified atom stereocenters. The number of aliphatic carboxylic acids is 1. The van der Waals surface area contributed by atoms with Crippen LogP contribution in [0, 0.1) is 0 Å². The van der Waals surface area contributed by atoms with Gasteiger partial charge in [-0.25, -0.2) is 9.86 Å². The molecule has 98 valence electrons. The van der Waals surface area contributed by atoms with Crippen LogP contribution in [0.1, 0.15) is 13.3 Å². The highest BCUT2D eigenvalue weighted by Gasteiger charge is 2.03. The molecule has 0 saturated heterocycles. The van der Waals surface area contributed by atoms with Gasteiger partial charge in [0, 0.05) is 12.1 Å². The number of carboxylic acids is 1. The Bertz CT molecular complexity index is 277. The van der Waals surface area contributed by atoms with E-state index in [1.165, 1.54) is 12.0 Å². The smallest absolute Gasteiger partial charge is 0.330 e. The maximum Gasteiger partial charge on any atom is 0.330 e. The fourth-order valence-corrected chi connectivity index (χ4v) is 0.984. The number of carbonyl (C=O) groups is 2. The molecule has 0 radical (unpaired) electrons. The standard InChI is InChI=1S/C11H20N2O4/c1-10(11(15)16)5-4-6-13(9-14)17-8-7-12(2)3/h5,9H,4,6-8H2,1-3H3,(H,15,16). The lowest BCUT2D eigenvalue weighted by atomic mass is 10.2. The van der Waals surface area contributed by atoms with E-state index in [9.17, 15) is 9.59 Å². The zero-order valence-corrected chi connectivity index (χ0v) is 10.5. The van der Waals surface area contributed by atoms with Crippen molar-refractivity contribution in [3.63, 3.8) is 0 Å². The Kier molecular flexibility index (Phi) is 8.00. The second-order valence-corrected chi connectivity index (χ2v) is 3.86. The number of hydrogen-bond acceptors (Lipinski definition) is 4. The summed E-state index contributed by atoms with van der Waals surface area (Å²) >= 11 is 0. The molecule has 1 amide bonds. The van der Waals surface area contributed by atoms with Crippen LogP contribution < -0.4 is 0 Å². The Morgan fingerprint density at radius 1 is 1.35 bits per heavy atom. The van der Waals surface area contributed by atoms with E-state index in [1.807, 2.05) is 19.0 Å². The third-order valence-electron chi connectivity index (χ3n) is 2.05. The largest absolute Gasteiger partial charge is 0.478 e. The summed E-state index contributed by atoms with van der Waals surface area (Å²) in [6.07, 6.45) is 2.62.